The molecular formula is C17H28N2O. The molecule has 0 bridgehead atoms. The molecule has 0 spiro atoms. The number of ether oxygens (including phenoxy) is 1. The zero-order chi connectivity index (χ0) is 14.6. The van der Waals surface area contributed by atoms with Gasteiger partial charge in [0.15, 0.2) is 0 Å². The third-order valence-corrected chi connectivity index (χ3v) is 3.91. The highest BCUT2D eigenvalue weighted by molar-refractivity contribution is 5.57. The molecule has 112 valence electrons. The monoisotopic (exact) mass is 276 g/mol. The third-order valence-electron chi connectivity index (χ3n) is 3.91. The molecule has 1 aromatic rings. The van der Waals surface area contributed by atoms with Crippen molar-refractivity contribution in [2.45, 2.75) is 46.2 Å². The summed E-state index contributed by atoms with van der Waals surface area (Å²) in [6.07, 6.45) is 1.17. The first-order valence-corrected chi connectivity index (χ1v) is 7.70. The summed E-state index contributed by atoms with van der Waals surface area (Å²) < 4.78 is 5.64. The van der Waals surface area contributed by atoms with Gasteiger partial charge in [-0.25, -0.2) is 0 Å². The second-order valence-electron chi connectivity index (χ2n) is 6.33. The number of benzene rings is 1. The molecule has 3 heteroatoms. The first kappa shape index (κ1) is 15.3. The van der Waals surface area contributed by atoms with E-state index in [0.29, 0.717) is 0 Å². The van der Waals surface area contributed by atoms with Crippen molar-refractivity contribution < 1.29 is 4.74 Å². The zero-order valence-corrected chi connectivity index (χ0v) is 13.3. The quantitative estimate of drug-likeness (QED) is 0.836. The van der Waals surface area contributed by atoms with E-state index in [1.807, 2.05) is 0 Å². The maximum Gasteiger partial charge on any atom is 0.0694 e. The molecule has 1 aromatic carbocycles. The van der Waals surface area contributed by atoms with Crippen LogP contribution in [0.5, 0.6) is 0 Å². The fraction of sp³-hybridized carbons (Fsp3) is 0.647. The van der Waals surface area contributed by atoms with Crippen molar-refractivity contribution in [3.63, 3.8) is 0 Å². The molecule has 1 saturated heterocycles. The first-order chi connectivity index (χ1) is 9.54. The molecule has 0 aromatic heterocycles. The molecule has 0 saturated carbocycles. The fourth-order valence-corrected chi connectivity index (χ4v) is 2.82. The highest BCUT2D eigenvalue weighted by atomic mass is 16.5. The molecule has 1 heterocycles. The number of hydrogen-bond acceptors (Lipinski definition) is 3. The van der Waals surface area contributed by atoms with Crippen molar-refractivity contribution in [2.75, 3.05) is 31.2 Å². The van der Waals surface area contributed by atoms with E-state index in [4.69, 9.17) is 4.74 Å². The van der Waals surface area contributed by atoms with Crippen molar-refractivity contribution in [1.82, 2.24) is 5.32 Å². The van der Waals surface area contributed by atoms with E-state index in [0.717, 1.165) is 32.8 Å². The van der Waals surface area contributed by atoms with Crippen LogP contribution in [0.1, 0.15) is 38.3 Å². The minimum atomic E-state index is 0.0625. The van der Waals surface area contributed by atoms with Crippen LogP contribution in [0.3, 0.4) is 0 Å². The molecule has 20 heavy (non-hydrogen) atoms. The SMILES string of the molecule is CCCNCc1cc(C)ccc1N1CCOCC1(C)C. The highest BCUT2D eigenvalue weighted by Gasteiger charge is 2.31. The van der Waals surface area contributed by atoms with Crippen LogP contribution in [0, 0.1) is 6.92 Å². The number of nitrogens with zero attached hydrogens (tertiary/aromatic N) is 1. The van der Waals surface area contributed by atoms with Crippen molar-refractivity contribution in [3.8, 4) is 0 Å². The van der Waals surface area contributed by atoms with Gasteiger partial charge in [-0.3, -0.25) is 0 Å². The van der Waals surface area contributed by atoms with Gasteiger partial charge in [-0.2, -0.15) is 0 Å². The van der Waals surface area contributed by atoms with E-state index in [1.54, 1.807) is 0 Å². The van der Waals surface area contributed by atoms with Crippen LogP contribution in [0.25, 0.3) is 0 Å². The molecule has 0 aliphatic carbocycles. The Labute approximate surface area is 123 Å². The van der Waals surface area contributed by atoms with E-state index in [-0.39, 0.29) is 5.54 Å². The Balaban J connectivity index is 2.25. The van der Waals surface area contributed by atoms with Gasteiger partial charge in [-0.15, -0.1) is 0 Å². The predicted molar refractivity (Wildman–Crippen MR) is 85.4 cm³/mol. The summed E-state index contributed by atoms with van der Waals surface area (Å²) >= 11 is 0. The molecule has 0 radical (unpaired) electrons. The summed E-state index contributed by atoms with van der Waals surface area (Å²) in [7, 11) is 0. The minimum absolute atomic E-state index is 0.0625. The lowest BCUT2D eigenvalue weighted by Crippen LogP contribution is -2.53. The average Bonchev–Trinajstić information content (AvgIpc) is 2.40. The Morgan fingerprint density at radius 2 is 2.15 bits per heavy atom. The van der Waals surface area contributed by atoms with Crippen LogP contribution < -0.4 is 10.2 Å². The lowest BCUT2D eigenvalue weighted by molar-refractivity contribution is 0.0643. The standard InChI is InChI=1S/C17H28N2O/c1-5-8-18-12-15-11-14(2)6-7-16(15)19-9-10-20-13-17(19,3)4/h6-7,11,18H,5,8-10,12-13H2,1-4H3. The van der Waals surface area contributed by atoms with Crippen LogP contribution in [0.2, 0.25) is 0 Å². The molecule has 1 aliphatic rings. The van der Waals surface area contributed by atoms with Crippen LogP contribution in [0.15, 0.2) is 18.2 Å². The van der Waals surface area contributed by atoms with Gasteiger partial charge in [0.25, 0.3) is 0 Å². The van der Waals surface area contributed by atoms with Gasteiger partial charge >= 0.3 is 0 Å². The number of nitrogens with one attached hydrogen (secondary N) is 1. The molecule has 1 aliphatic heterocycles. The summed E-state index contributed by atoms with van der Waals surface area (Å²) in [5, 5.41) is 3.53. The normalized spacial score (nSPS) is 18.3. The molecule has 0 amide bonds. The predicted octanol–water partition coefficient (Wildman–Crippen LogP) is 3.11. The molecule has 0 unspecified atom stereocenters. The molecule has 3 nitrogen and oxygen atoms in total. The van der Waals surface area contributed by atoms with Crippen molar-refractivity contribution in [3.05, 3.63) is 29.3 Å². The zero-order valence-electron chi connectivity index (χ0n) is 13.3. The van der Waals surface area contributed by atoms with Gasteiger partial charge in [0.2, 0.25) is 0 Å². The number of anilines is 1. The molecule has 1 N–H and O–H groups in total. The van der Waals surface area contributed by atoms with Crippen LogP contribution >= 0.6 is 0 Å². The summed E-state index contributed by atoms with van der Waals surface area (Å²) in [6.45, 7) is 13.5. The largest absolute Gasteiger partial charge is 0.377 e. The molecular weight excluding hydrogens is 248 g/mol. The molecule has 0 atom stereocenters. The summed E-state index contributed by atoms with van der Waals surface area (Å²) in [5.74, 6) is 0. The Morgan fingerprint density at radius 1 is 1.35 bits per heavy atom. The summed E-state index contributed by atoms with van der Waals surface area (Å²) in [5.41, 5.74) is 4.14. The number of rotatable bonds is 5. The second-order valence-corrected chi connectivity index (χ2v) is 6.33. The van der Waals surface area contributed by atoms with Crippen molar-refractivity contribution in [1.29, 1.82) is 0 Å². The Kier molecular flexibility index (Phi) is 5.06. The van der Waals surface area contributed by atoms with E-state index in [2.05, 4.69) is 56.1 Å². The van der Waals surface area contributed by atoms with Crippen LogP contribution in [-0.2, 0) is 11.3 Å². The summed E-state index contributed by atoms with van der Waals surface area (Å²) in [4.78, 5) is 2.50. The fourth-order valence-electron chi connectivity index (χ4n) is 2.82. The van der Waals surface area contributed by atoms with Crippen LogP contribution in [0.4, 0.5) is 5.69 Å². The van der Waals surface area contributed by atoms with Gasteiger partial charge in [-0.1, -0.05) is 24.6 Å². The Bertz CT molecular complexity index is 443. The van der Waals surface area contributed by atoms with Gasteiger partial charge in [0.1, 0.15) is 0 Å². The molecule has 1 fully saturated rings. The first-order valence-electron chi connectivity index (χ1n) is 7.70. The van der Waals surface area contributed by atoms with Gasteiger partial charge in [-0.05, 0) is 45.4 Å². The maximum atomic E-state index is 5.64. The van der Waals surface area contributed by atoms with Crippen LogP contribution in [-0.4, -0.2) is 31.8 Å². The maximum absolute atomic E-state index is 5.64. The van der Waals surface area contributed by atoms with Crippen molar-refractivity contribution >= 4 is 5.69 Å². The lowest BCUT2D eigenvalue weighted by Gasteiger charge is -2.44. The van der Waals surface area contributed by atoms with Gasteiger partial charge < -0.3 is 15.0 Å². The van der Waals surface area contributed by atoms with Gasteiger partial charge in [0.05, 0.1) is 18.8 Å². The number of morpholine rings is 1. The summed E-state index contributed by atoms with van der Waals surface area (Å²) in [6, 6.07) is 6.79. The van der Waals surface area contributed by atoms with Crippen molar-refractivity contribution in [2.24, 2.45) is 0 Å². The minimum Gasteiger partial charge on any atom is -0.377 e. The Hall–Kier alpha value is -1.06. The topological polar surface area (TPSA) is 24.5 Å². The lowest BCUT2D eigenvalue weighted by atomic mass is 9.98. The number of aryl methyl sites for hydroxylation is 1. The van der Waals surface area contributed by atoms with E-state index < -0.39 is 0 Å². The van der Waals surface area contributed by atoms with Gasteiger partial charge in [0, 0.05) is 18.8 Å². The highest BCUT2D eigenvalue weighted by Crippen LogP contribution is 2.30. The molecule has 2 rings (SSSR count). The second kappa shape index (κ2) is 6.59. The van der Waals surface area contributed by atoms with E-state index in [9.17, 15) is 0 Å². The Morgan fingerprint density at radius 3 is 2.85 bits per heavy atom. The van der Waals surface area contributed by atoms with E-state index >= 15 is 0 Å². The average molecular weight is 276 g/mol. The third kappa shape index (κ3) is 3.53. The number of hydrogen-bond donors (Lipinski definition) is 1. The van der Waals surface area contributed by atoms with E-state index in [1.165, 1.54) is 23.2 Å². The smallest absolute Gasteiger partial charge is 0.0694 e.